The summed E-state index contributed by atoms with van der Waals surface area (Å²) in [6.45, 7) is 1.22. The second-order valence-electron chi connectivity index (χ2n) is 4.19. The zero-order valence-corrected chi connectivity index (χ0v) is 10.8. The Morgan fingerprint density at radius 1 is 1.30 bits per heavy atom. The van der Waals surface area contributed by atoms with E-state index in [4.69, 9.17) is 10.2 Å². The minimum Gasteiger partial charge on any atom is -0.481 e. The van der Waals surface area contributed by atoms with E-state index in [1.54, 1.807) is 6.92 Å². The highest BCUT2D eigenvalue weighted by Crippen LogP contribution is 2.25. The molecule has 0 saturated carbocycles. The van der Waals surface area contributed by atoms with Gasteiger partial charge in [0.2, 0.25) is 0 Å². The van der Waals surface area contributed by atoms with Crippen LogP contribution < -0.4 is 4.90 Å². The van der Waals surface area contributed by atoms with Gasteiger partial charge in [0.05, 0.1) is 11.3 Å². The maximum Gasteiger partial charge on any atom is 0.323 e. The lowest BCUT2D eigenvalue weighted by Crippen LogP contribution is -2.32. The monoisotopic (exact) mass is 282 g/mol. The Hall–Kier alpha value is -2.64. The topological polar surface area (TPSA) is 121 Å². The van der Waals surface area contributed by atoms with Crippen LogP contribution in [0.15, 0.2) is 18.2 Å². The first-order chi connectivity index (χ1) is 9.31. The number of aryl methyl sites for hydroxylation is 1. The fraction of sp³-hybridized carbons (Fsp3) is 0.333. The number of nitrogens with zero attached hydrogens (tertiary/aromatic N) is 2. The van der Waals surface area contributed by atoms with Gasteiger partial charge in [-0.2, -0.15) is 0 Å². The number of benzene rings is 1. The van der Waals surface area contributed by atoms with Crippen molar-refractivity contribution in [1.82, 2.24) is 0 Å². The molecule has 0 aromatic heterocycles. The quantitative estimate of drug-likeness (QED) is 0.570. The molecule has 0 heterocycles. The van der Waals surface area contributed by atoms with Crippen LogP contribution in [0.1, 0.15) is 12.0 Å². The van der Waals surface area contributed by atoms with Crippen molar-refractivity contribution in [2.45, 2.75) is 13.3 Å². The van der Waals surface area contributed by atoms with E-state index >= 15 is 0 Å². The molecule has 8 heteroatoms. The lowest BCUT2D eigenvalue weighted by atomic mass is 10.1. The smallest absolute Gasteiger partial charge is 0.323 e. The number of anilines is 1. The zero-order valence-electron chi connectivity index (χ0n) is 10.8. The molecule has 0 radical (unpaired) electrons. The van der Waals surface area contributed by atoms with Gasteiger partial charge in [-0.3, -0.25) is 19.7 Å². The maximum absolute atomic E-state index is 10.8. The van der Waals surface area contributed by atoms with Gasteiger partial charge in [-0.25, -0.2) is 0 Å². The minimum atomic E-state index is -1.14. The Morgan fingerprint density at radius 3 is 2.45 bits per heavy atom. The standard InChI is InChI=1S/C12H14N2O6/c1-8-2-3-9(14(19)20)6-10(8)13(7-12(17)18)5-4-11(15)16/h2-3,6H,4-5,7H2,1H3,(H,15,16)(H,17,18). The third-order valence-corrected chi connectivity index (χ3v) is 2.67. The molecule has 1 aromatic carbocycles. The Morgan fingerprint density at radius 2 is 1.95 bits per heavy atom. The predicted molar refractivity (Wildman–Crippen MR) is 69.9 cm³/mol. The van der Waals surface area contributed by atoms with E-state index in [-0.39, 0.29) is 18.7 Å². The van der Waals surface area contributed by atoms with E-state index in [1.807, 2.05) is 0 Å². The molecule has 0 atom stereocenters. The summed E-state index contributed by atoms with van der Waals surface area (Å²) in [5.41, 5.74) is 0.821. The molecule has 0 spiro atoms. The van der Waals surface area contributed by atoms with Gasteiger partial charge < -0.3 is 15.1 Å². The number of carboxylic acids is 2. The van der Waals surface area contributed by atoms with E-state index in [1.165, 1.54) is 23.1 Å². The van der Waals surface area contributed by atoms with Crippen molar-refractivity contribution in [3.8, 4) is 0 Å². The van der Waals surface area contributed by atoms with Crippen molar-refractivity contribution in [3.63, 3.8) is 0 Å². The van der Waals surface area contributed by atoms with E-state index in [9.17, 15) is 19.7 Å². The van der Waals surface area contributed by atoms with E-state index in [2.05, 4.69) is 0 Å². The van der Waals surface area contributed by atoms with Crippen molar-refractivity contribution in [2.24, 2.45) is 0 Å². The van der Waals surface area contributed by atoms with Crippen LogP contribution in [0, 0.1) is 17.0 Å². The van der Waals surface area contributed by atoms with Crippen LogP contribution in [0.25, 0.3) is 0 Å². The average Bonchev–Trinajstić information content (AvgIpc) is 2.34. The van der Waals surface area contributed by atoms with Crippen LogP contribution >= 0.6 is 0 Å². The largest absolute Gasteiger partial charge is 0.481 e. The SMILES string of the molecule is Cc1ccc([N+](=O)[O-])cc1N(CCC(=O)O)CC(=O)O. The highest BCUT2D eigenvalue weighted by Gasteiger charge is 2.17. The van der Waals surface area contributed by atoms with Crippen molar-refractivity contribution in [2.75, 3.05) is 18.0 Å². The number of nitro groups is 1. The number of hydrogen-bond acceptors (Lipinski definition) is 5. The van der Waals surface area contributed by atoms with Crippen LogP contribution in [0.5, 0.6) is 0 Å². The second-order valence-corrected chi connectivity index (χ2v) is 4.19. The molecule has 1 rings (SSSR count). The Labute approximate surface area is 114 Å². The van der Waals surface area contributed by atoms with Crippen LogP contribution in [-0.2, 0) is 9.59 Å². The molecule has 20 heavy (non-hydrogen) atoms. The summed E-state index contributed by atoms with van der Waals surface area (Å²) >= 11 is 0. The Kier molecular flexibility index (Phi) is 5.01. The molecular formula is C12H14N2O6. The van der Waals surface area contributed by atoms with Crippen molar-refractivity contribution >= 4 is 23.3 Å². The number of hydrogen-bond donors (Lipinski definition) is 2. The number of aliphatic carboxylic acids is 2. The third kappa shape index (κ3) is 4.23. The average molecular weight is 282 g/mol. The molecule has 0 fully saturated rings. The molecule has 1 aromatic rings. The highest BCUT2D eigenvalue weighted by atomic mass is 16.6. The molecule has 0 amide bonds. The molecule has 8 nitrogen and oxygen atoms in total. The van der Waals surface area contributed by atoms with Gasteiger partial charge in [0, 0.05) is 24.4 Å². The van der Waals surface area contributed by atoms with Crippen molar-refractivity contribution in [1.29, 1.82) is 0 Å². The summed E-state index contributed by atoms with van der Waals surface area (Å²) in [6, 6.07) is 4.07. The molecule has 2 N–H and O–H groups in total. The molecule has 0 bridgehead atoms. The summed E-state index contributed by atoms with van der Waals surface area (Å²) in [5, 5.41) is 28.3. The Balaban J connectivity index is 3.10. The lowest BCUT2D eigenvalue weighted by Gasteiger charge is -2.23. The summed E-state index contributed by atoms with van der Waals surface area (Å²) in [6.07, 6.45) is -0.255. The number of carbonyl (C=O) groups is 2. The summed E-state index contributed by atoms with van der Waals surface area (Å²) < 4.78 is 0. The summed E-state index contributed by atoms with van der Waals surface area (Å²) in [5.74, 6) is -2.20. The van der Waals surface area contributed by atoms with Crippen LogP contribution in [-0.4, -0.2) is 40.2 Å². The number of nitro benzene ring substituents is 1. The van der Waals surface area contributed by atoms with Crippen LogP contribution in [0.3, 0.4) is 0 Å². The van der Waals surface area contributed by atoms with Gasteiger partial charge in [-0.1, -0.05) is 6.07 Å². The molecule has 0 unspecified atom stereocenters. The minimum absolute atomic E-state index is 0.0381. The van der Waals surface area contributed by atoms with Crippen molar-refractivity contribution in [3.05, 3.63) is 33.9 Å². The van der Waals surface area contributed by atoms with Gasteiger partial charge in [-0.15, -0.1) is 0 Å². The van der Waals surface area contributed by atoms with Crippen LogP contribution in [0.2, 0.25) is 0 Å². The van der Waals surface area contributed by atoms with Gasteiger partial charge in [-0.05, 0) is 12.5 Å². The van der Waals surface area contributed by atoms with Crippen molar-refractivity contribution < 1.29 is 24.7 Å². The van der Waals surface area contributed by atoms with Gasteiger partial charge >= 0.3 is 11.9 Å². The van der Waals surface area contributed by atoms with Crippen LogP contribution in [0.4, 0.5) is 11.4 Å². The van der Waals surface area contributed by atoms with E-state index < -0.39 is 23.4 Å². The van der Waals surface area contributed by atoms with E-state index in [0.29, 0.717) is 11.3 Å². The first-order valence-electron chi connectivity index (χ1n) is 5.75. The fourth-order valence-corrected chi connectivity index (χ4v) is 1.73. The fourth-order valence-electron chi connectivity index (χ4n) is 1.73. The highest BCUT2D eigenvalue weighted by molar-refractivity contribution is 5.76. The predicted octanol–water partition coefficient (Wildman–Crippen LogP) is 1.27. The molecule has 108 valence electrons. The summed E-state index contributed by atoms with van der Waals surface area (Å²) in [7, 11) is 0. The number of carboxylic acid groups (broad SMARTS) is 2. The molecule has 0 aliphatic rings. The Bertz CT molecular complexity index is 543. The molecule has 0 aliphatic heterocycles. The molecule has 0 aliphatic carbocycles. The van der Waals surface area contributed by atoms with Gasteiger partial charge in [0.15, 0.2) is 0 Å². The first-order valence-corrected chi connectivity index (χ1v) is 5.75. The zero-order chi connectivity index (χ0) is 15.3. The van der Waals surface area contributed by atoms with Gasteiger partial charge in [0.1, 0.15) is 6.54 Å². The molecular weight excluding hydrogens is 268 g/mol. The van der Waals surface area contributed by atoms with E-state index in [0.717, 1.165) is 0 Å². The number of non-ortho nitro benzene ring substituents is 1. The first kappa shape index (κ1) is 15.4. The maximum atomic E-state index is 10.8. The lowest BCUT2D eigenvalue weighted by molar-refractivity contribution is -0.384. The second kappa shape index (κ2) is 6.50. The number of rotatable bonds is 7. The van der Waals surface area contributed by atoms with Gasteiger partial charge in [0.25, 0.3) is 5.69 Å². The summed E-state index contributed by atoms with van der Waals surface area (Å²) in [4.78, 5) is 32.9. The normalized spacial score (nSPS) is 10.1. The molecule has 0 saturated heterocycles. The third-order valence-electron chi connectivity index (χ3n) is 2.67.